The summed E-state index contributed by atoms with van der Waals surface area (Å²) < 4.78 is 4.79. The number of benzene rings is 1. The van der Waals surface area contributed by atoms with E-state index in [1.54, 1.807) is 0 Å². The molecule has 0 atom stereocenters. The van der Waals surface area contributed by atoms with Crippen molar-refractivity contribution >= 4 is 17.8 Å². The van der Waals surface area contributed by atoms with Gasteiger partial charge >= 0.3 is 11.9 Å². The summed E-state index contributed by atoms with van der Waals surface area (Å²) in [6, 6.07) is 5.27. The zero-order valence-corrected chi connectivity index (χ0v) is 10.3. The standard InChI is InChI=1S/C13H13NO5/c1-8(2)11(15)14-7-19-13(18)10-5-3-9(4-6-10)12(16)17/h3-6H,1,7H2,2H3,(H,14,15)(H,16,17). The van der Waals surface area contributed by atoms with Crippen LogP contribution in [0.15, 0.2) is 36.4 Å². The number of ether oxygens (including phenoxy) is 1. The first-order valence-electron chi connectivity index (χ1n) is 5.36. The van der Waals surface area contributed by atoms with Gasteiger partial charge in [-0.1, -0.05) is 6.58 Å². The molecule has 0 saturated carbocycles. The quantitative estimate of drug-likeness (QED) is 0.473. The monoisotopic (exact) mass is 263 g/mol. The third-order valence-electron chi connectivity index (χ3n) is 2.19. The third-order valence-corrected chi connectivity index (χ3v) is 2.19. The van der Waals surface area contributed by atoms with Crippen LogP contribution in [0.5, 0.6) is 0 Å². The Bertz CT molecular complexity index is 518. The number of nitrogens with one attached hydrogen (secondary N) is 1. The molecule has 6 heteroatoms. The minimum atomic E-state index is -1.08. The second-order valence-corrected chi connectivity index (χ2v) is 3.74. The molecular weight excluding hydrogens is 250 g/mol. The highest BCUT2D eigenvalue weighted by Crippen LogP contribution is 2.05. The maximum absolute atomic E-state index is 11.5. The largest absolute Gasteiger partial charge is 0.478 e. The van der Waals surface area contributed by atoms with Gasteiger partial charge in [-0.15, -0.1) is 0 Å². The van der Waals surface area contributed by atoms with Crippen LogP contribution in [0, 0.1) is 0 Å². The van der Waals surface area contributed by atoms with E-state index in [0.717, 1.165) is 0 Å². The lowest BCUT2D eigenvalue weighted by molar-refractivity contribution is -0.118. The van der Waals surface area contributed by atoms with Crippen molar-refractivity contribution in [3.05, 3.63) is 47.5 Å². The molecule has 1 aromatic carbocycles. The van der Waals surface area contributed by atoms with Gasteiger partial charge < -0.3 is 15.2 Å². The van der Waals surface area contributed by atoms with Gasteiger partial charge in [0.1, 0.15) is 0 Å². The van der Waals surface area contributed by atoms with Crippen LogP contribution in [0.3, 0.4) is 0 Å². The van der Waals surface area contributed by atoms with E-state index >= 15 is 0 Å². The summed E-state index contributed by atoms with van der Waals surface area (Å²) in [5.74, 6) is -2.14. The van der Waals surface area contributed by atoms with E-state index in [0.29, 0.717) is 5.57 Å². The molecule has 1 rings (SSSR count). The predicted octanol–water partition coefficient (Wildman–Crippen LogP) is 1.19. The lowest BCUT2D eigenvalue weighted by atomic mass is 10.1. The molecule has 0 radical (unpaired) electrons. The number of esters is 1. The summed E-state index contributed by atoms with van der Waals surface area (Å²) >= 11 is 0. The van der Waals surface area contributed by atoms with Gasteiger partial charge in [0.15, 0.2) is 6.73 Å². The normalized spacial score (nSPS) is 9.53. The van der Waals surface area contributed by atoms with Crippen LogP contribution in [-0.4, -0.2) is 29.7 Å². The Hall–Kier alpha value is -2.63. The molecule has 0 unspecified atom stereocenters. The molecule has 0 aliphatic rings. The molecule has 0 aliphatic carbocycles. The van der Waals surface area contributed by atoms with Crippen molar-refractivity contribution in [3.63, 3.8) is 0 Å². The van der Waals surface area contributed by atoms with Crippen molar-refractivity contribution in [2.45, 2.75) is 6.92 Å². The number of aromatic carboxylic acids is 1. The molecule has 1 amide bonds. The van der Waals surface area contributed by atoms with Gasteiger partial charge in [-0.3, -0.25) is 4.79 Å². The van der Waals surface area contributed by atoms with E-state index < -0.39 is 17.8 Å². The number of hydrogen-bond acceptors (Lipinski definition) is 4. The average molecular weight is 263 g/mol. The number of hydrogen-bond donors (Lipinski definition) is 2. The summed E-state index contributed by atoms with van der Waals surface area (Å²) in [5.41, 5.74) is 0.587. The second-order valence-electron chi connectivity index (χ2n) is 3.74. The molecule has 0 aliphatic heterocycles. The Labute approximate surface area is 109 Å². The molecule has 2 N–H and O–H groups in total. The Morgan fingerprint density at radius 3 is 2.21 bits per heavy atom. The van der Waals surface area contributed by atoms with Crippen LogP contribution in [-0.2, 0) is 9.53 Å². The number of carbonyl (C=O) groups is 3. The fraction of sp³-hybridized carbons (Fsp3) is 0.154. The molecule has 0 saturated heterocycles. The number of carboxylic acid groups (broad SMARTS) is 1. The number of amides is 1. The Morgan fingerprint density at radius 1 is 1.21 bits per heavy atom. The summed E-state index contributed by atoms with van der Waals surface area (Å²) in [5, 5.41) is 11.0. The van der Waals surface area contributed by atoms with Crippen LogP contribution in [0.2, 0.25) is 0 Å². The fourth-order valence-electron chi connectivity index (χ4n) is 1.15. The van der Waals surface area contributed by atoms with Gasteiger partial charge in [-0.25, -0.2) is 9.59 Å². The lowest BCUT2D eigenvalue weighted by Crippen LogP contribution is -2.27. The predicted molar refractivity (Wildman–Crippen MR) is 66.6 cm³/mol. The Balaban J connectivity index is 2.52. The van der Waals surface area contributed by atoms with Crippen molar-refractivity contribution < 1.29 is 24.2 Å². The van der Waals surface area contributed by atoms with E-state index in [1.165, 1.54) is 31.2 Å². The zero-order valence-electron chi connectivity index (χ0n) is 10.3. The Kier molecular flexibility index (Phi) is 4.82. The molecule has 0 fully saturated rings. The molecule has 1 aromatic rings. The first kappa shape index (κ1) is 14.4. The average Bonchev–Trinajstić information content (AvgIpc) is 2.38. The van der Waals surface area contributed by atoms with E-state index in [9.17, 15) is 14.4 Å². The van der Waals surface area contributed by atoms with Crippen LogP contribution in [0.1, 0.15) is 27.6 Å². The van der Waals surface area contributed by atoms with E-state index in [2.05, 4.69) is 11.9 Å². The first-order valence-corrected chi connectivity index (χ1v) is 5.36. The molecule has 100 valence electrons. The highest BCUT2D eigenvalue weighted by Gasteiger charge is 2.09. The van der Waals surface area contributed by atoms with Crippen molar-refractivity contribution in [1.29, 1.82) is 0 Å². The summed E-state index contributed by atoms with van der Waals surface area (Å²) in [6.07, 6.45) is 0. The van der Waals surface area contributed by atoms with Gasteiger partial charge in [-0.05, 0) is 31.2 Å². The molecule has 0 heterocycles. The van der Waals surface area contributed by atoms with Crippen molar-refractivity contribution in [2.75, 3.05) is 6.73 Å². The van der Waals surface area contributed by atoms with Crippen LogP contribution in [0.25, 0.3) is 0 Å². The van der Waals surface area contributed by atoms with Gasteiger partial charge in [0, 0.05) is 5.57 Å². The fourth-order valence-corrected chi connectivity index (χ4v) is 1.15. The Morgan fingerprint density at radius 2 is 1.74 bits per heavy atom. The van der Waals surface area contributed by atoms with Gasteiger partial charge in [0.05, 0.1) is 11.1 Å². The maximum atomic E-state index is 11.5. The van der Waals surface area contributed by atoms with Crippen molar-refractivity contribution in [2.24, 2.45) is 0 Å². The van der Waals surface area contributed by atoms with Gasteiger partial charge in [0.25, 0.3) is 0 Å². The highest BCUT2D eigenvalue weighted by molar-refractivity contribution is 5.93. The first-order chi connectivity index (χ1) is 8.91. The van der Waals surface area contributed by atoms with Crippen molar-refractivity contribution in [1.82, 2.24) is 5.32 Å². The smallest absolute Gasteiger partial charge is 0.339 e. The number of rotatable bonds is 5. The summed E-state index contributed by atoms with van der Waals surface area (Å²) in [6.45, 7) is 4.69. The SMILES string of the molecule is C=C(C)C(=O)NCOC(=O)c1ccc(C(=O)O)cc1. The third kappa shape index (κ3) is 4.27. The molecule has 0 bridgehead atoms. The number of carboxylic acids is 1. The zero-order chi connectivity index (χ0) is 14.4. The molecular formula is C13H13NO5. The van der Waals surface area contributed by atoms with E-state index in [-0.39, 0.29) is 17.9 Å². The molecule has 19 heavy (non-hydrogen) atoms. The summed E-state index contributed by atoms with van der Waals surface area (Å²) in [4.78, 5) is 33.3. The lowest BCUT2D eigenvalue weighted by Gasteiger charge is -2.06. The van der Waals surface area contributed by atoms with E-state index in [1.807, 2.05) is 0 Å². The highest BCUT2D eigenvalue weighted by atomic mass is 16.5. The minimum absolute atomic E-state index is 0.0761. The molecule has 0 aromatic heterocycles. The topological polar surface area (TPSA) is 92.7 Å². The maximum Gasteiger partial charge on any atom is 0.339 e. The van der Waals surface area contributed by atoms with Crippen LogP contribution in [0.4, 0.5) is 0 Å². The van der Waals surface area contributed by atoms with Crippen LogP contribution < -0.4 is 5.32 Å². The second kappa shape index (κ2) is 6.34. The summed E-state index contributed by atoms with van der Waals surface area (Å²) in [7, 11) is 0. The van der Waals surface area contributed by atoms with Crippen molar-refractivity contribution in [3.8, 4) is 0 Å². The van der Waals surface area contributed by atoms with Gasteiger partial charge in [-0.2, -0.15) is 0 Å². The van der Waals surface area contributed by atoms with Gasteiger partial charge in [0.2, 0.25) is 5.91 Å². The number of carbonyl (C=O) groups excluding carboxylic acids is 2. The molecule has 0 spiro atoms. The van der Waals surface area contributed by atoms with Crippen LogP contribution >= 0.6 is 0 Å². The molecule has 6 nitrogen and oxygen atoms in total. The minimum Gasteiger partial charge on any atom is -0.478 e. The van der Waals surface area contributed by atoms with E-state index in [4.69, 9.17) is 9.84 Å².